The van der Waals surface area contributed by atoms with Gasteiger partial charge in [0.05, 0.1) is 11.9 Å². The zero-order chi connectivity index (χ0) is 25.5. The maximum Gasteiger partial charge on any atom is 0.244 e. The van der Waals surface area contributed by atoms with Gasteiger partial charge in [0.2, 0.25) is 21.8 Å². The van der Waals surface area contributed by atoms with Gasteiger partial charge in [0.25, 0.3) is 0 Å². The number of nitrogens with one attached hydrogen (secondary N) is 1. The van der Waals surface area contributed by atoms with Gasteiger partial charge in [-0.05, 0) is 56.9 Å². The monoisotopic (exact) mass is 507 g/mol. The number of hydrogen-bond acceptors (Lipinski definition) is 4. The topological polar surface area (TPSA) is 86.8 Å². The number of nitrogens with zero attached hydrogens (tertiary/aromatic N) is 2. The fraction of sp³-hybridized carbons (Fsp3) is 0.440. The van der Waals surface area contributed by atoms with Gasteiger partial charge >= 0.3 is 0 Å². The number of halogens is 1. The molecule has 1 N–H and O–H groups in total. The van der Waals surface area contributed by atoms with Crippen LogP contribution in [0.5, 0.6) is 0 Å². The van der Waals surface area contributed by atoms with E-state index in [0.717, 1.165) is 16.1 Å². The van der Waals surface area contributed by atoms with Crippen molar-refractivity contribution in [1.29, 1.82) is 0 Å². The van der Waals surface area contributed by atoms with Gasteiger partial charge in [0, 0.05) is 17.6 Å². The normalized spacial score (nSPS) is 12.3. The zero-order valence-corrected chi connectivity index (χ0v) is 22.0. The molecule has 2 aromatic carbocycles. The first-order chi connectivity index (χ1) is 15.9. The Morgan fingerprint density at radius 2 is 1.74 bits per heavy atom. The van der Waals surface area contributed by atoms with Gasteiger partial charge in [0.1, 0.15) is 12.6 Å². The highest BCUT2D eigenvalue weighted by Crippen LogP contribution is 2.26. The molecule has 0 fully saturated rings. The van der Waals surface area contributed by atoms with E-state index in [1.54, 1.807) is 19.1 Å². The van der Waals surface area contributed by atoms with Crippen molar-refractivity contribution >= 4 is 39.1 Å². The molecule has 0 saturated heterocycles. The quantitative estimate of drug-likeness (QED) is 0.501. The van der Waals surface area contributed by atoms with Crippen LogP contribution in [0.4, 0.5) is 5.69 Å². The Balaban J connectivity index is 2.40. The lowest BCUT2D eigenvalue weighted by Crippen LogP contribution is -2.54. The highest BCUT2D eigenvalue weighted by Gasteiger charge is 2.32. The Labute approximate surface area is 208 Å². The van der Waals surface area contributed by atoms with E-state index in [0.29, 0.717) is 29.1 Å². The third-order valence-corrected chi connectivity index (χ3v) is 6.78. The summed E-state index contributed by atoms with van der Waals surface area (Å²) in [5.74, 6) is -0.713. The highest BCUT2D eigenvalue weighted by atomic mass is 35.5. The van der Waals surface area contributed by atoms with Crippen LogP contribution in [0.3, 0.4) is 0 Å². The molecule has 9 heteroatoms. The molecule has 34 heavy (non-hydrogen) atoms. The van der Waals surface area contributed by atoms with Crippen molar-refractivity contribution in [2.24, 2.45) is 0 Å². The molecule has 0 spiro atoms. The number of hydrogen-bond donors (Lipinski definition) is 1. The minimum atomic E-state index is -3.80. The molecule has 0 radical (unpaired) electrons. The number of sulfonamides is 1. The summed E-state index contributed by atoms with van der Waals surface area (Å²) in [6, 6.07) is 13.7. The first kappa shape index (κ1) is 27.7. The molecule has 0 aliphatic rings. The van der Waals surface area contributed by atoms with E-state index in [4.69, 9.17) is 11.6 Å². The van der Waals surface area contributed by atoms with Gasteiger partial charge < -0.3 is 10.2 Å². The number of rotatable bonds is 11. The smallest absolute Gasteiger partial charge is 0.244 e. The van der Waals surface area contributed by atoms with Crippen molar-refractivity contribution in [2.75, 3.05) is 23.7 Å². The molecule has 0 aromatic heterocycles. The number of carbonyl (C=O) groups excluding carboxylic acids is 2. The van der Waals surface area contributed by atoms with E-state index in [9.17, 15) is 18.0 Å². The molecule has 2 aromatic rings. The van der Waals surface area contributed by atoms with Crippen LogP contribution < -0.4 is 9.62 Å². The summed E-state index contributed by atoms with van der Waals surface area (Å²) in [4.78, 5) is 28.0. The Hall–Kier alpha value is -2.58. The average molecular weight is 508 g/mol. The fourth-order valence-corrected chi connectivity index (χ4v) is 4.79. The van der Waals surface area contributed by atoms with Crippen LogP contribution in [0.25, 0.3) is 0 Å². The van der Waals surface area contributed by atoms with Crippen molar-refractivity contribution in [1.82, 2.24) is 10.2 Å². The molecular weight excluding hydrogens is 474 g/mol. The molecule has 1 atom stereocenters. The van der Waals surface area contributed by atoms with Gasteiger partial charge in [-0.25, -0.2) is 8.42 Å². The maximum atomic E-state index is 13.6. The van der Waals surface area contributed by atoms with Crippen LogP contribution in [-0.4, -0.2) is 56.6 Å². The van der Waals surface area contributed by atoms with E-state index in [2.05, 4.69) is 5.32 Å². The number of amides is 2. The maximum absolute atomic E-state index is 13.6. The van der Waals surface area contributed by atoms with E-state index in [1.165, 1.54) is 11.0 Å². The Bertz CT molecular complexity index is 1090. The Morgan fingerprint density at radius 1 is 1.09 bits per heavy atom. The second-order valence-corrected chi connectivity index (χ2v) is 11.0. The molecule has 2 rings (SSSR count). The molecule has 186 valence electrons. The second-order valence-electron chi connectivity index (χ2n) is 8.61. The first-order valence-corrected chi connectivity index (χ1v) is 13.5. The van der Waals surface area contributed by atoms with Crippen LogP contribution in [0.15, 0.2) is 48.5 Å². The predicted molar refractivity (Wildman–Crippen MR) is 138 cm³/mol. The molecule has 0 aliphatic heterocycles. The summed E-state index contributed by atoms with van der Waals surface area (Å²) in [5, 5.41) is 3.24. The summed E-state index contributed by atoms with van der Waals surface area (Å²) in [6.45, 7) is 7.15. The number of benzene rings is 2. The SMILES string of the molecule is CCC(C(=O)NC(C)C)N(CCc1ccccc1)C(=O)CN(c1cc(Cl)ccc1C)S(C)(=O)=O. The molecule has 0 saturated carbocycles. The minimum Gasteiger partial charge on any atom is -0.352 e. The number of anilines is 1. The molecule has 0 heterocycles. The molecule has 0 bridgehead atoms. The molecular formula is C25H34ClN3O4S. The highest BCUT2D eigenvalue weighted by molar-refractivity contribution is 7.92. The van der Waals surface area contributed by atoms with Crippen LogP contribution >= 0.6 is 11.6 Å². The second kappa shape index (κ2) is 12.2. The van der Waals surface area contributed by atoms with Crippen molar-refractivity contribution in [3.8, 4) is 0 Å². The zero-order valence-electron chi connectivity index (χ0n) is 20.4. The Kier molecular flexibility index (Phi) is 9.94. The van der Waals surface area contributed by atoms with Gasteiger partial charge in [-0.3, -0.25) is 13.9 Å². The minimum absolute atomic E-state index is 0.0887. The number of carbonyl (C=O) groups is 2. The van der Waals surface area contributed by atoms with Gasteiger partial charge in [0.15, 0.2) is 0 Å². The van der Waals surface area contributed by atoms with E-state index in [-0.39, 0.29) is 18.5 Å². The standard InChI is InChI=1S/C25H34ClN3O4S/c1-6-22(25(31)27-18(2)3)28(15-14-20-10-8-7-9-11-20)24(30)17-29(34(5,32)33)23-16-21(26)13-12-19(23)4/h7-13,16,18,22H,6,14-15,17H2,1-5H3,(H,27,31). The molecule has 1 unspecified atom stereocenters. The largest absolute Gasteiger partial charge is 0.352 e. The molecule has 0 aliphatic carbocycles. The first-order valence-electron chi connectivity index (χ1n) is 11.3. The molecule has 7 nitrogen and oxygen atoms in total. The van der Waals surface area contributed by atoms with Crippen molar-refractivity contribution in [3.05, 3.63) is 64.7 Å². The summed E-state index contributed by atoms with van der Waals surface area (Å²) < 4.78 is 26.4. The van der Waals surface area contributed by atoms with Crippen LogP contribution in [0.1, 0.15) is 38.3 Å². The van der Waals surface area contributed by atoms with Crippen LogP contribution in [-0.2, 0) is 26.0 Å². The van der Waals surface area contributed by atoms with E-state index < -0.39 is 28.5 Å². The molecule has 2 amide bonds. The van der Waals surface area contributed by atoms with Gasteiger partial charge in [-0.15, -0.1) is 0 Å². The third kappa shape index (κ3) is 7.74. The van der Waals surface area contributed by atoms with Crippen molar-refractivity contribution in [3.63, 3.8) is 0 Å². The lowest BCUT2D eigenvalue weighted by Gasteiger charge is -2.33. The summed E-state index contributed by atoms with van der Waals surface area (Å²) >= 11 is 6.12. The summed E-state index contributed by atoms with van der Waals surface area (Å²) in [7, 11) is -3.80. The summed E-state index contributed by atoms with van der Waals surface area (Å²) in [6.07, 6.45) is 1.99. The van der Waals surface area contributed by atoms with E-state index >= 15 is 0 Å². The summed E-state index contributed by atoms with van der Waals surface area (Å²) in [5.41, 5.74) is 2.03. The fourth-order valence-electron chi connectivity index (χ4n) is 3.72. The lowest BCUT2D eigenvalue weighted by atomic mass is 10.1. The lowest BCUT2D eigenvalue weighted by molar-refractivity contribution is -0.139. The van der Waals surface area contributed by atoms with Crippen LogP contribution in [0.2, 0.25) is 5.02 Å². The Morgan fingerprint density at radius 3 is 2.29 bits per heavy atom. The van der Waals surface area contributed by atoms with Crippen molar-refractivity contribution in [2.45, 2.75) is 52.6 Å². The average Bonchev–Trinajstić information content (AvgIpc) is 2.76. The van der Waals surface area contributed by atoms with Crippen LogP contribution in [0, 0.1) is 6.92 Å². The van der Waals surface area contributed by atoms with Gasteiger partial charge in [-0.1, -0.05) is 54.9 Å². The third-order valence-electron chi connectivity index (χ3n) is 5.42. The predicted octanol–water partition coefficient (Wildman–Crippen LogP) is 3.79. The van der Waals surface area contributed by atoms with Crippen molar-refractivity contribution < 1.29 is 18.0 Å². The van der Waals surface area contributed by atoms with Gasteiger partial charge in [-0.2, -0.15) is 0 Å². The van der Waals surface area contributed by atoms with E-state index in [1.807, 2.05) is 51.1 Å². The number of aryl methyl sites for hydroxylation is 1.